The minimum Gasteiger partial charge on any atom is -0.481 e. The van der Waals surface area contributed by atoms with E-state index in [2.05, 4.69) is 17.0 Å². The number of nitrogens with one attached hydrogen (secondary N) is 1. The van der Waals surface area contributed by atoms with Crippen LogP contribution in [-0.4, -0.2) is 58.6 Å². The van der Waals surface area contributed by atoms with Gasteiger partial charge in [-0.1, -0.05) is 49.4 Å². The Bertz CT molecular complexity index is 1520. The number of halogens is 3. The van der Waals surface area contributed by atoms with Crippen molar-refractivity contribution in [3.63, 3.8) is 0 Å². The Morgan fingerprint density at radius 3 is 2.37 bits per heavy atom. The smallest absolute Gasteiger partial charge is 0.481 e. The molecule has 1 aliphatic heterocycles. The van der Waals surface area contributed by atoms with E-state index in [-0.39, 0.29) is 48.1 Å². The lowest BCUT2D eigenvalue weighted by Gasteiger charge is -2.26. The molecule has 0 aromatic heterocycles. The molecule has 0 radical (unpaired) electrons. The van der Waals surface area contributed by atoms with Gasteiger partial charge in [0.2, 0.25) is 0 Å². The van der Waals surface area contributed by atoms with Gasteiger partial charge in [0.05, 0.1) is 6.42 Å². The van der Waals surface area contributed by atoms with Gasteiger partial charge in [-0.15, -0.1) is 13.2 Å². The fraction of sp³-hybridized carbons (Fsp3) is 0.312. The maximum atomic E-state index is 13.8. The summed E-state index contributed by atoms with van der Waals surface area (Å²) in [4.78, 5) is 43.4. The third kappa shape index (κ3) is 6.71. The van der Waals surface area contributed by atoms with Gasteiger partial charge < -0.3 is 20.1 Å². The Labute approximate surface area is 246 Å². The summed E-state index contributed by atoms with van der Waals surface area (Å²) in [6.45, 7) is 2.48. The fourth-order valence-electron chi connectivity index (χ4n) is 5.62. The topological polar surface area (TPSA) is 108 Å². The lowest BCUT2D eigenvalue weighted by atomic mass is 9.95. The number of benzene rings is 3. The summed E-state index contributed by atoms with van der Waals surface area (Å²) >= 11 is 0. The second-order valence-electron chi connectivity index (χ2n) is 10.7. The second kappa shape index (κ2) is 11.9. The zero-order chi connectivity index (χ0) is 30.8. The number of rotatable bonds is 11. The minimum atomic E-state index is -4.82. The summed E-state index contributed by atoms with van der Waals surface area (Å²) in [5.74, 6) is -1.87. The standard InChI is InChI=1S/C32H30F3N3O5/c1-20(22-5-3-2-4-6-22)26-19-31(26)37-28(23-11-13-25(14-12-23)43-32(33,34)35)30(42)38(31)18-16-21-7-9-24(10-8-21)29(41)36-17-15-27(39)40/h2-14,20,26H,15-19H2,1H3,(H,36,41)(H,39,40). The number of aliphatic imine (C=N–C) groups is 1. The van der Waals surface area contributed by atoms with Crippen LogP contribution in [-0.2, 0) is 16.0 Å². The fourth-order valence-corrected chi connectivity index (χ4v) is 5.62. The molecular weight excluding hydrogens is 563 g/mol. The number of carboxylic acids is 1. The van der Waals surface area contributed by atoms with Gasteiger partial charge in [-0.2, -0.15) is 0 Å². The van der Waals surface area contributed by atoms with Crippen LogP contribution in [0.1, 0.15) is 52.7 Å². The molecule has 1 spiro atoms. The Kier molecular flexibility index (Phi) is 8.25. The Hall–Kier alpha value is -4.67. The predicted molar refractivity (Wildman–Crippen MR) is 152 cm³/mol. The monoisotopic (exact) mass is 593 g/mol. The molecule has 224 valence electrons. The zero-order valence-corrected chi connectivity index (χ0v) is 23.3. The average Bonchev–Trinajstić information content (AvgIpc) is 3.63. The summed E-state index contributed by atoms with van der Waals surface area (Å²) in [7, 11) is 0. The first-order valence-electron chi connectivity index (χ1n) is 13.9. The van der Waals surface area contributed by atoms with Crippen molar-refractivity contribution in [2.24, 2.45) is 10.9 Å². The van der Waals surface area contributed by atoms with Crippen LogP contribution in [0.25, 0.3) is 0 Å². The van der Waals surface area contributed by atoms with Crippen LogP contribution < -0.4 is 10.1 Å². The molecule has 43 heavy (non-hydrogen) atoms. The van der Waals surface area contributed by atoms with E-state index in [4.69, 9.17) is 10.1 Å². The maximum absolute atomic E-state index is 13.8. The van der Waals surface area contributed by atoms with Crippen molar-refractivity contribution in [1.29, 1.82) is 0 Å². The van der Waals surface area contributed by atoms with E-state index in [1.807, 2.05) is 30.3 Å². The van der Waals surface area contributed by atoms with Crippen LogP contribution in [0.5, 0.6) is 5.75 Å². The number of alkyl halides is 3. The highest BCUT2D eigenvalue weighted by Crippen LogP contribution is 2.59. The molecule has 8 nitrogen and oxygen atoms in total. The molecule has 2 N–H and O–H groups in total. The molecule has 5 rings (SSSR count). The molecule has 2 amide bonds. The van der Waals surface area contributed by atoms with Crippen molar-refractivity contribution < 1.29 is 37.4 Å². The Morgan fingerprint density at radius 2 is 1.74 bits per heavy atom. The van der Waals surface area contributed by atoms with Crippen molar-refractivity contribution in [2.45, 2.75) is 44.1 Å². The van der Waals surface area contributed by atoms with Crippen LogP contribution in [0.2, 0.25) is 0 Å². The molecule has 0 saturated heterocycles. The lowest BCUT2D eigenvalue weighted by Crippen LogP contribution is -2.41. The van der Waals surface area contributed by atoms with Crippen molar-refractivity contribution in [2.75, 3.05) is 13.1 Å². The van der Waals surface area contributed by atoms with Gasteiger partial charge in [-0.3, -0.25) is 19.4 Å². The molecular formula is C32H30F3N3O5. The molecule has 1 aliphatic carbocycles. The van der Waals surface area contributed by atoms with Crippen LogP contribution >= 0.6 is 0 Å². The number of ether oxygens (including phenoxy) is 1. The SMILES string of the molecule is CC(c1ccccc1)C1CC12N=C(c1ccc(OC(F)(F)F)cc1)C(=O)N2CCc1ccc(C(=O)NCCC(=O)O)cc1. The molecule has 3 atom stereocenters. The quantitative estimate of drug-likeness (QED) is 0.319. The van der Waals surface area contributed by atoms with E-state index in [9.17, 15) is 27.6 Å². The van der Waals surface area contributed by atoms with E-state index >= 15 is 0 Å². The maximum Gasteiger partial charge on any atom is 0.573 e. The van der Waals surface area contributed by atoms with E-state index in [1.54, 1.807) is 29.2 Å². The molecule has 2 aliphatic rings. The third-order valence-electron chi connectivity index (χ3n) is 7.93. The normalized spacial score (nSPS) is 20.1. The number of aliphatic carboxylic acids is 1. The highest BCUT2D eigenvalue weighted by Gasteiger charge is 2.65. The Morgan fingerprint density at radius 1 is 1.07 bits per heavy atom. The van der Waals surface area contributed by atoms with E-state index < -0.39 is 18.0 Å². The van der Waals surface area contributed by atoms with Crippen molar-refractivity contribution in [3.8, 4) is 5.75 Å². The molecule has 1 fully saturated rings. The number of hydrogen-bond acceptors (Lipinski definition) is 5. The summed E-state index contributed by atoms with van der Waals surface area (Å²) in [5, 5.41) is 11.3. The first-order valence-corrected chi connectivity index (χ1v) is 13.9. The third-order valence-corrected chi connectivity index (χ3v) is 7.93. The van der Waals surface area contributed by atoms with Crippen LogP contribution in [0, 0.1) is 5.92 Å². The van der Waals surface area contributed by atoms with Crippen molar-refractivity contribution >= 4 is 23.5 Å². The van der Waals surface area contributed by atoms with Gasteiger partial charge in [0.25, 0.3) is 11.8 Å². The second-order valence-corrected chi connectivity index (χ2v) is 10.7. The lowest BCUT2D eigenvalue weighted by molar-refractivity contribution is -0.274. The Balaban J connectivity index is 1.33. The summed E-state index contributed by atoms with van der Waals surface area (Å²) < 4.78 is 41.9. The minimum absolute atomic E-state index is 0.0258. The van der Waals surface area contributed by atoms with Gasteiger partial charge in [-0.25, -0.2) is 0 Å². The summed E-state index contributed by atoms with van der Waals surface area (Å²) in [6.07, 6.45) is -3.85. The highest BCUT2D eigenvalue weighted by molar-refractivity contribution is 6.47. The number of hydrogen-bond donors (Lipinski definition) is 2. The highest BCUT2D eigenvalue weighted by atomic mass is 19.4. The summed E-state index contributed by atoms with van der Waals surface area (Å²) in [5.41, 5.74) is 2.27. The van der Waals surface area contributed by atoms with Crippen molar-refractivity contribution in [3.05, 3.63) is 101 Å². The first kappa shape index (κ1) is 29.8. The number of nitrogens with zero attached hydrogens (tertiary/aromatic N) is 2. The molecule has 1 saturated carbocycles. The molecule has 3 aromatic rings. The molecule has 0 bridgehead atoms. The summed E-state index contributed by atoms with van der Waals surface area (Å²) in [6, 6.07) is 22.0. The van der Waals surface area contributed by atoms with E-state index in [0.717, 1.165) is 11.1 Å². The zero-order valence-electron chi connectivity index (χ0n) is 23.3. The van der Waals surface area contributed by atoms with Crippen LogP contribution in [0.15, 0.2) is 83.9 Å². The molecule has 3 aromatic carbocycles. The predicted octanol–water partition coefficient (Wildman–Crippen LogP) is 5.18. The van der Waals surface area contributed by atoms with Gasteiger partial charge in [0.15, 0.2) is 0 Å². The molecule has 3 unspecified atom stereocenters. The molecule has 11 heteroatoms. The number of amides is 2. The van der Waals surface area contributed by atoms with E-state index in [0.29, 0.717) is 30.5 Å². The molecule has 1 heterocycles. The number of carbonyl (C=O) groups excluding carboxylic acids is 2. The van der Waals surface area contributed by atoms with Gasteiger partial charge >= 0.3 is 12.3 Å². The average molecular weight is 594 g/mol. The van der Waals surface area contributed by atoms with Crippen molar-refractivity contribution in [1.82, 2.24) is 10.2 Å². The largest absolute Gasteiger partial charge is 0.573 e. The van der Waals surface area contributed by atoms with Gasteiger partial charge in [0, 0.05) is 30.1 Å². The first-order chi connectivity index (χ1) is 20.5. The number of carboxylic acid groups (broad SMARTS) is 1. The number of carbonyl (C=O) groups is 3. The van der Waals surface area contributed by atoms with Crippen LogP contribution in [0.3, 0.4) is 0 Å². The van der Waals surface area contributed by atoms with Gasteiger partial charge in [0.1, 0.15) is 17.1 Å². The van der Waals surface area contributed by atoms with Gasteiger partial charge in [-0.05, 0) is 66.3 Å². The van der Waals surface area contributed by atoms with E-state index in [1.165, 1.54) is 24.3 Å². The van der Waals surface area contributed by atoms with Crippen LogP contribution in [0.4, 0.5) is 13.2 Å².